The van der Waals surface area contributed by atoms with Crippen molar-refractivity contribution in [3.63, 3.8) is 0 Å². The maximum absolute atomic E-state index is 12.5. The SMILES string of the molecule is C=C1CC[C@@H]2[C@](C)(CCC[C@]2(C)C(=O)OC)[C@H]1CC[C@H](C)CC=O. The first-order valence-electron chi connectivity index (χ1n) is 9.49. The third-order valence-electron chi connectivity index (χ3n) is 7.12. The van der Waals surface area contributed by atoms with Crippen LogP contribution in [-0.4, -0.2) is 19.4 Å². The van der Waals surface area contributed by atoms with Crippen LogP contribution in [0.4, 0.5) is 0 Å². The minimum absolute atomic E-state index is 0.0426. The summed E-state index contributed by atoms with van der Waals surface area (Å²) in [5, 5.41) is 0. The third-order valence-corrected chi connectivity index (χ3v) is 7.12. The summed E-state index contributed by atoms with van der Waals surface area (Å²) in [6.45, 7) is 11.0. The molecular formula is C21H34O3. The van der Waals surface area contributed by atoms with E-state index in [-0.39, 0.29) is 16.8 Å². The molecule has 2 fully saturated rings. The predicted octanol–water partition coefficient (Wildman–Crippen LogP) is 4.94. The monoisotopic (exact) mass is 334 g/mol. The van der Waals surface area contributed by atoms with Crippen molar-refractivity contribution < 1.29 is 14.3 Å². The Balaban J connectivity index is 2.24. The molecule has 2 rings (SSSR count). The minimum Gasteiger partial charge on any atom is -0.469 e. The first-order chi connectivity index (χ1) is 11.3. The zero-order valence-corrected chi connectivity index (χ0v) is 15.9. The van der Waals surface area contributed by atoms with Crippen LogP contribution in [0.1, 0.15) is 72.1 Å². The normalized spacial score (nSPS) is 37.4. The summed E-state index contributed by atoms with van der Waals surface area (Å²) in [7, 11) is 1.51. The molecule has 2 saturated carbocycles. The van der Waals surface area contributed by atoms with Gasteiger partial charge >= 0.3 is 5.97 Å². The van der Waals surface area contributed by atoms with Crippen LogP contribution in [0.25, 0.3) is 0 Å². The van der Waals surface area contributed by atoms with Crippen LogP contribution in [0.2, 0.25) is 0 Å². The van der Waals surface area contributed by atoms with Gasteiger partial charge < -0.3 is 9.53 Å². The van der Waals surface area contributed by atoms with Crippen molar-refractivity contribution in [3.8, 4) is 0 Å². The molecule has 0 aromatic heterocycles. The van der Waals surface area contributed by atoms with E-state index in [1.165, 1.54) is 12.7 Å². The Morgan fingerprint density at radius 2 is 2.12 bits per heavy atom. The van der Waals surface area contributed by atoms with Gasteiger partial charge in [0.05, 0.1) is 12.5 Å². The molecule has 5 atom stereocenters. The predicted molar refractivity (Wildman–Crippen MR) is 96.5 cm³/mol. The van der Waals surface area contributed by atoms with Crippen LogP contribution in [0.3, 0.4) is 0 Å². The molecule has 0 amide bonds. The molecule has 0 N–H and O–H groups in total. The van der Waals surface area contributed by atoms with Gasteiger partial charge in [-0.1, -0.05) is 32.4 Å². The number of rotatable bonds is 6. The Bertz CT molecular complexity index is 497. The lowest BCUT2D eigenvalue weighted by Gasteiger charge is -2.57. The zero-order valence-electron chi connectivity index (χ0n) is 15.9. The molecule has 0 aliphatic heterocycles. The quantitative estimate of drug-likeness (QED) is 0.392. The van der Waals surface area contributed by atoms with Gasteiger partial charge in [-0.25, -0.2) is 0 Å². The number of carbonyl (C=O) groups is 2. The molecule has 24 heavy (non-hydrogen) atoms. The summed E-state index contributed by atoms with van der Waals surface area (Å²) >= 11 is 0. The van der Waals surface area contributed by atoms with Gasteiger partial charge in [0, 0.05) is 6.42 Å². The fraction of sp³-hybridized carbons (Fsp3) is 0.810. The number of allylic oxidation sites excluding steroid dienone is 1. The van der Waals surface area contributed by atoms with E-state index < -0.39 is 0 Å². The highest BCUT2D eigenvalue weighted by atomic mass is 16.5. The van der Waals surface area contributed by atoms with Gasteiger partial charge in [0.2, 0.25) is 0 Å². The van der Waals surface area contributed by atoms with E-state index in [9.17, 15) is 9.59 Å². The first kappa shape index (κ1) is 19.2. The van der Waals surface area contributed by atoms with Crippen molar-refractivity contribution in [2.24, 2.45) is 28.6 Å². The summed E-state index contributed by atoms with van der Waals surface area (Å²) in [6.07, 6.45) is 9.03. The van der Waals surface area contributed by atoms with Crippen molar-refractivity contribution >= 4 is 12.3 Å². The first-order valence-corrected chi connectivity index (χ1v) is 9.49. The number of ether oxygens (including phenoxy) is 1. The maximum atomic E-state index is 12.5. The average molecular weight is 335 g/mol. The molecule has 3 nitrogen and oxygen atoms in total. The summed E-state index contributed by atoms with van der Waals surface area (Å²) in [4.78, 5) is 23.3. The number of carbonyl (C=O) groups excluding carboxylic acids is 2. The van der Waals surface area contributed by atoms with Crippen LogP contribution >= 0.6 is 0 Å². The Morgan fingerprint density at radius 1 is 1.42 bits per heavy atom. The molecule has 0 heterocycles. The number of aldehydes is 1. The Hall–Kier alpha value is -1.12. The largest absolute Gasteiger partial charge is 0.469 e. The lowest BCUT2D eigenvalue weighted by atomic mass is 9.46. The second-order valence-electron chi connectivity index (χ2n) is 8.66. The van der Waals surface area contributed by atoms with E-state index in [4.69, 9.17) is 4.74 Å². The fourth-order valence-electron chi connectivity index (χ4n) is 5.69. The van der Waals surface area contributed by atoms with Gasteiger partial charge in [0.1, 0.15) is 6.29 Å². The molecule has 3 heteroatoms. The molecule has 2 aliphatic rings. The van der Waals surface area contributed by atoms with E-state index in [0.717, 1.165) is 51.2 Å². The van der Waals surface area contributed by atoms with Gasteiger partial charge in [0.15, 0.2) is 0 Å². The summed E-state index contributed by atoms with van der Waals surface area (Å²) in [5.41, 5.74) is 1.10. The van der Waals surface area contributed by atoms with Crippen LogP contribution in [0.15, 0.2) is 12.2 Å². The van der Waals surface area contributed by atoms with E-state index in [1.54, 1.807) is 0 Å². The zero-order chi connectivity index (χ0) is 18.0. The van der Waals surface area contributed by atoms with Crippen molar-refractivity contribution in [2.75, 3.05) is 7.11 Å². The Kier molecular flexibility index (Phi) is 5.93. The molecule has 0 aromatic rings. The molecule has 2 aliphatic carbocycles. The van der Waals surface area contributed by atoms with Gasteiger partial charge in [-0.3, -0.25) is 4.79 Å². The van der Waals surface area contributed by atoms with Gasteiger partial charge in [-0.05, 0) is 68.6 Å². The van der Waals surface area contributed by atoms with Gasteiger partial charge in [-0.15, -0.1) is 0 Å². The number of fused-ring (bicyclic) bond motifs is 1. The minimum atomic E-state index is -0.366. The second kappa shape index (κ2) is 7.41. The Labute approximate surface area is 147 Å². The third kappa shape index (κ3) is 3.32. The second-order valence-corrected chi connectivity index (χ2v) is 8.66. The van der Waals surface area contributed by atoms with E-state index >= 15 is 0 Å². The molecule has 0 spiro atoms. The van der Waals surface area contributed by atoms with Crippen LogP contribution in [-0.2, 0) is 14.3 Å². The van der Waals surface area contributed by atoms with Crippen molar-refractivity contribution in [1.82, 2.24) is 0 Å². The summed E-state index contributed by atoms with van der Waals surface area (Å²) < 4.78 is 5.18. The maximum Gasteiger partial charge on any atom is 0.311 e. The van der Waals surface area contributed by atoms with Crippen molar-refractivity contribution in [3.05, 3.63) is 12.2 Å². The van der Waals surface area contributed by atoms with Crippen molar-refractivity contribution in [1.29, 1.82) is 0 Å². The molecule has 0 saturated heterocycles. The van der Waals surface area contributed by atoms with Gasteiger partial charge in [-0.2, -0.15) is 0 Å². The standard InChI is InChI=1S/C21H34O3/c1-15(11-14-22)7-9-17-16(2)8-10-18-20(17,3)12-6-13-21(18,4)19(23)24-5/h14-15,17-18H,2,6-13H2,1,3-5H3/t15-,17-,18+,20+,21-/m0/s1. The van der Waals surface area contributed by atoms with Crippen LogP contribution in [0, 0.1) is 28.6 Å². The Morgan fingerprint density at radius 3 is 2.75 bits per heavy atom. The highest BCUT2D eigenvalue weighted by molar-refractivity contribution is 5.77. The van der Waals surface area contributed by atoms with E-state index in [0.29, 0.717) is 24.2 Å². The van der Waals surface area contributed by atoms with Gasteiger partial charge in [0.25, 0.3) is 0 Å². The molecule has 136 valence electrons. The highest BCUT2D eigenvalue weighted by Crippen LogP contribution is 2.62. The number of methoxy groups -OCH3 is 1. The average Bonchev–Trinajstić information content (AvgIpc) is 2.53. The lowest BCUT2D eigenvalue weighted by Crippen LogP contribution is -2.53. The van der Waals surface area contributed by atoms with Crippen molar-refractivity contribution in [2.45, 2.75) is 72.1 Å². The van der Waals surface area contributed by atoms with Crippen LogP contribution in [0.5, 0.6) is 0 Å². The molecular weight excluding hydrogens is 300 g/mol. The fourth-order valence-corrected chi connectivity index (χ4v) is 5.69. The summed E-state index contributed by atoms with van der Waals surface area (Å²) in [6, 6.07) is 0. The molecule has 0 bridgehead atoms. The highest BCUT2D eigenvalue weighted by Gasteiger charge is 2.57. The number of esters is 1. The lowest BCUT2D eigenvalue weighted by molar-refractivity contribution is -0.168. The topological polar surface area (TPSA) is 43.4 Å². The number of hydrogen-bond donors (Lipinski definition) is 0. The molecule has 0 aromatic carbocycles. The van der Waals surface area contributed by atoms with Crippen LogP contribution < -0.4 is 0 Å². The molecule has 0 radical (unpaired) electrons. The van der Waals surface area contributed by atoms with E-state index in [2.05, 4.69) is 27.4 Å². The van der Waals surface area contributed by atoms with E-state index in [1.807, 2.05) is 0 Å². The smallest absolute Gasteiger partial charge is 0.311 e. The number of hydrogen-bond acceptors (Lipinski definition) is 3. The summed E-state index contributed by atoms with van der Waals surface area (Å²) in [5.74, 6) is 1.20. The molecule has 0 unspecified atom stereocenters.